The Kier molecular flexibility index (Phi) is 3.78. The lowest BCUT2D eigenvalue weighted by Crippen LogP contribution is -2.30. The minimum absolute atomic E-state index is 0.125. The summed E-state index contributed by atoms with van der Waals surface area (Å²) in [6.45, 7) is 4.12. The summed E-state index contributed by atoms with van der Waals surface area (Å²) in [4.78, 5) is 14.5. The van der Waals surface area contributed by atoms with Crippen LogP contribution in [0.25, 0.3) is 0 Å². The molecule has 1 aromatic carbocycles. The van der Waals surface area contributed by atoms with E-state index in [9.17, 15) is 4.79 Å². The molecular formula is C17H16N2O3. The number of furan rings is 1. The Balaban J connectivity index is 1.98. The zero-order chi connectivity index (χ0) is 15.5. The Labute approximate surface area is 128 Å². The van der Waals surface area contributed by atoms with Crippen molar-refractivity contribution in [3.05, 3.63) is 71.5 Å². The van der Waals surface area contributed by atoms with Crippen LogP contribution in [-0.4, -0.2) is 11.1 Å². The fraction of sp³-hybridized carbons (Fsp3) is 0.176. The van der Waals surface area contributed by atoms with Gasteiger partial charge in [-0.1, -0.05) is 23.4 Å². The molecule has 0 aliphatic rings. The first-order valence-corrected chi connectivity index (χ1v) is 6.97. The van der Waals surface area contributed by atoms with Crippen LogP contribution in [0.5, 0.6) is 0 Å². The molecule has 2 heterocycles. The molecule has 22 heavy (non-hydrogen) atoms. The lowest BCUT2D eigenvalue weighted by molar-refractivity contribution is 0.0984. The summed E-state index contributed by atoms with van der Waals surface area (Å²) in [5, 5.41) is 3.95. The molecular weight excluding hydrogens is 280 g/mol. The van der Waals surface area contributed by atoms with Crippen LogP contribution < -0.4 is 4.90 Å². The number of carbonyl (C=O) groups excluding carboxylic acids is 1. The zero-order valence-electron chi connectivity index (χ0n) is 12.4. The van der Waals surface area contributed by atoms with Crippen LogP contribution in [0.3, 0.4) is 0 Å². The first-order chi connectivity index (χ1) is 10.7. The minimum atomic E-state index is -0.125. The smallest absolute Gasteiger partial charge is 0.261 e. The second kappa shape index (κ2) is 5.89. The predicted molar refractivity (Wildman–Crippen MR) is 81.6 cm³/mol. The number of rotatable bonds is 4. The van der Waals surface area contributed by atoms with Crippen molar-refractivity contribution in [1.29, 1.82) is 0 Å². The fourth-order valence-electron chi connectivity index (χ4n) is 2.32. The topological polar surface area (TPSA) is 59.5 Å². The molecule has 3 rings (SSSR count). The highest BCUT2D eigenvalue weighted by molar-refractivity contribution is 6.05. The van der Waals surface area contributed by atoms with Gasteiger partial charge in [0.2, 0.25) is 0 Å². The molecule has 2 aromatic heterocycles. The first-order valence-electron chi connectivity index (χ1n) is 6.97. The van der Waals surface area contributed by atoms with Crippen molar-refractivity contribution in [1.82, 2.24) is 5.16 Å². The van der Waals surface area contributed by atoms with E-state index in [0.717, 1.165) is 22.7 Å². The van der Waals surface area contributed by atoms with Crippen molar-refractivity contribution >= 4 is 11.6 Å². The number of anilines is 1. The molecule has 0 aliphatic heterocycles. The van der Waals surface area contributed by atoms with E-state index in [0.29, 0.717) is 12.1 Å². The number of benzene rings is 1. The fourth-order valence-corrected chi connectivity index (χ4v) is 2.32. The van der Waals surface area contributed by atoms with Gasteiger partial charge in [-0.25, -0.2) is 0 Å². The maximum Gasteiger partial charge on any atom is 0.261 e. The average Bonchev–Trinajstić information content (AvgIpc) is 3.17. The highest BCUT2D eigenvalue weighted by Crippen LogP contribution is 2.23. The van der Waals surface area contributed by atoms with E-state index in [4.69, 9.17) is 8.94 Å². The molecule has 5 heteroatoms. The van der Waals surface area contributed by atoms with E-state index in [1.807, 2.05) is 44.2 Å². The van der Waals surface area contributed by atoms with Crippen LogP contribution in [0.15, 0.2) is 57.9 Å². The Morgan fingerprint density at radius 1 is 1.18 bits per heavy atom. The van der Waals surface area contributed by atoms with E-state index in [1.165, 1.54) is 12.5 Å². The van der Waals surface area contributed by atoms with Gasteiger partial charge in [0.05, 0.1) is 24.1 Å². The van der Waals surface area contributed by atoms with E-state index >= 15 is 0 Å². The molecule has 0 unspecified atom stereocenters. The quantitative estimate of drug-likeness (QED) is 0.736. The standard InChI is InChI=1S/C17H16N2O3/c1-12-16(13(2)22-18-12)10-19(15-6-4-3-5-7-15)17(20)14-8-9-21-11-14/h3-9,11H,10H2,1-2H3. The Hall–Kier alpha value is -2.82. The van der Waals surface area contributed by atoms with Crippen LogP contribution in [0, 0.1) is 13.8 Å². The number of carbonyl (C=O) groups is 1. The SMILES string of the molecule is Cc1noc(C)c1CN(C(=O)c1ccoc1)c1ccccc1. The average molecular weight is 296 g/mol. The van der Waals surface area contributed by atoms with Crippen LogP contribution in [-0.2, 0) is 6.54 Å². The number of aromatic nitrogens is 1. The molecule has 0 atom stereocenters. The van der Waals surface area contributed by atoms with E-state index in [2.05, 4.69) is 5.16 Å². The predicted octanol–water partition coefficient (Wildman–Crippen LogP) is 3.73. The molecule has 112 valence electrons. The molecule has 0 aliphatic carbocycles. The van der Waals surface area contributed by atoms with Gasteiger partial charge >= 0.3 is 0 Å². The third-order valence-corrected chi connectivity index (χ3v) is 3.58. The van der Waals surface area contributed by atoms with Crippen molar-refractivity contribution in [2.75, 3.05) is 4.90 Å². The highest BCUT2D eigenvalue weighted by atomic mass is 16.5. The van der Waals surface area contributed by atoms with Gasteiger partial charge in [-0.3, -0.25) is 4.79 Å². The third-order valence-electron chi connectivity index (χ3n) is 3.58. The van der Waals surface area contributed by atoms with Gasteiger partial charge in [0.1, 0.15) is 12.0 Å². The zero-order valence-corrected chi connectivity index (χ0v) is 12.4. The van der Waals surface area contributed by atoms with Gasteiger partial charge in [0.25, 0.3) is 5.91 Å². The number of aryl methyl sites for hydroxylation is 2. The molecule has 0 spiro atoms. The van der Waals surface area contributed by atoms with Gasteiger partial charge < -0.3 is 13.8 Å². The summed E-state index contributed by atoms with van der Waals surface area (Å²) in [5.74, 6) is 0.596. The Morgan fingerprint density at radius 3 is 2.55 bits per heavy atom. The van der Waals surface area contributed by atoms with Crippen LogP contribution in [0.2, 0.25) is 0 Å². The molecule has 5 nitrogen and oxygen atoms in total. The third kappa shape index (κ3) is 2.65. The van der Waals surface area contributed by atoms with Crippen molar-refractivity contribution in [3.63, 3.8) is 0 Å². The largest absolute Gasteiger partial charge is 0.472 e. The first kappa shape index (κ1) is 14.1. The molecule has 1 amide bonds. The second-order valence-electron chi connectivity index (χ2n) is 5.04. The minimum Gasteiger partial charge on any atom is -0.472 e. The second-order valence-corrected chi connectivity index (χ2v) is 5.04. The molecule has 0 fully saturated rings. The van der Waals surface area contributed by atoms with E-state index < -0.39 is 0 Å². The van der Waals surface area contributed by atoms with E-state index in [-0.39, 0.29) is 5.91 Å². The van der Waals surface area contributed by atoms with Crippen LogP contribution in [0.1, 0.15) is 27.4 Å². The molecule has 0 radical (unpaired) electrons. The summed E-state index contributed by atoms with van der Waals surface area (Å²) in [6, 6.07) is 11.2. The molecule has 0 saturated carbocycles. The van der Waals surface area contributed by atoms with E-state index in [1.54, 1.807) is 11.0 Å². The summed E-state index contributed by atoms with van der Waals surface area (Å²) in [5.41, 5.74) is 3.03. The van der Waals surface area contributed by atoms with Crippen molar-refractivity contribution in [3.8, 4) is 0 Å². The lowest BCUT2D eigenvalue weighted by atomic mass is 10.1. The van der Waals surface area contributed by atoms with Gasteiger partial charge in [-0.2, -0.15) is 0 Å². The van der Waals surface area contributed by atoms with Gasteiger partial charge in [0, 0.05) is 11.3 Å². The van der Waals surface area contributed by atoms with Crippen molar-refractivity contribution in [2.24, 2.45) is 0 Å². The van der Waals surface area contributed by atoms with Gasteiger partial charge in [0.15, 0.2) is 0 Å². The van der Waals surface area contributed by atoms with Crippen LogP contribution in [0.4, 0.5) is 5.69 Å². The van der Waals surface area contributed by atoms with Gasteiger partial charge in [-0.05, 0) is 32.0 Å². The van der Waals surface area contributed by atoms with Crippen molar-refractivity contribution in [2.45, 2.75) is 20.4 Å². The summed E-state index contributed by atoms with van der Waals surface area (Å²) < 4.78 is 10.2. The molecule has 0 saturated heterocycles. The molecule has 0 N–H and O–H groups in total. The Morgan fingerprint density at radius 2 is 1.95 bits per heavy atom. The monoisotopic (exact) mass is 296 g/mol. The maximum atomic E-state index is 12.8. The molecule has 3 aromatic rings. The van der Waals surface area contributed by atoms with Crippen LogP contribution >= 0.6 is 0 Å². The lowest BCUT2D eigenvalue weighted by Gasteiger charge is -2.22. The summed E-state index contributed by atoms with van der Waals surface area (Å²) in [6.07, 6.45) is 2.94. The molecule has 0 bridgehead atoms. The normalized spacial score (nSPS) is 10.6. The number of amides is 1. The highest BCUT2D eigenvalue weighted by Gasteiger charge is 2.22. The Bertz CT molecular complexity index is 741. The summed E-state index contributed by atoms with van der Waals surface area (Å²) in [7, 11) is 0. The number of para-hydroxylation sites is 1. The van der Waals surface area contributed by atoms with Crippen molar-refractivity contribution < 1.29 is 13.7 Å². The maximum absolute atomic E-state index is 12.8. The number of nitrogens with zero attached hydrogens (tertiary/aromatic N) is 2. The number of hydrogen-bond acceptors (Lipinski definition) is 4. The van der Waals surface area contributed by atoms with Gasteiger partial charge in [-0.15, -0.1) is 0 Å². The number of hydrogen-bond donors (Lipinski definition) is 0. The summed E-state index contributed by atoms with van der Waals surface area (Å²) >= 11 is 0.